The average Bonchev–Trinajstić information content (AvgIpc) is 2.32. The molecule has 100 valence electrons. The van der Waals surface area contributed by atoms with Crippen molar-refractivity contribution in [2.24, 2.45) is 5.73 Å². The molecule has 0 radical (unpaired) electrons. The van der Waals surface area contributed by atoms with Crippen molar-refractivity contribution in [3.63, 3.8) is 0 Å². The van der Waals surface area contributed by atoms with Crippen molar-refractivity contribution in [1.29, 1.82) is 0 Å². The molecule has 1 fully saturated rings. The first kappa shape index (κ1) is 13.5. The molecular formula is C14H22FN3. The highest BCUT2D eigenvalue weighted by molar-refractivity contribution is 5.18. The van der Waals surface area contributed by atoms with E-state index in [9.17, 15) is 4.39 Å². The number of hydrogen-bond acceptors (Lipinski definition) is 3. The SMILES string of the molecule is CN1CCN(C)C(C(N)Cc2cccc(F)c2)C1. The van der Waals surface area contributed by atoms with Crippen LogP contribution < -0.4 is 5.73 Å². The summed E-state index contributed by atoms with van der Waals surface area (Å²) in [6, 6.07) is 7.11. The van der Waals surface area contributed by atoms with Gasteiger partial charge < -0.3 is 10.6 Å². The van der Waals surface area contributed by atoms with Gasteiger partial charge in [0.25, 0.3) is 0 Å². The van der Waals surface area contributed by atoms with Crippen LogP contribution in [0.4, 0.5) is 4.39 Å². The minimum Gasteiger partial charge on any atom is -0.326 e. The van der Waals surface area contributed by atoms with Gasteiger partial charge in [-0.1, -0.05) is 12.1 Å². The molecule has 0 aliphatic carbocycles. The Hall–Kier alpha value is -0.970. The summed E-state index contributed by atoms with van der Waals surface area (Å²) in [6.07, 6.45) is 0.723. The minimum atomic E-state index is -0.186. The molecular weight excluding hydrogens is 229 g/mol. The highest BCUT2D eigenvalue weighted by atomic mass is 19.1. The Bertz CT molecular complexity index is 396. The first-order chi connectivity index (χ1) is 8.56. The Balaban J connectivity index is 2.00. The predicted molar refractivity (Wildman–Crippen MR) is 72.0 cm³/mol. The monoisotopic (exact) mass is 251 g/mol. The lowest BCUT2D eigenvalue weighted by Crippen LogP contribution is -2.58. The molecule has 4 heteroatoms. The quantitative estimate of drug-likeness (QED) is 0.868. The Labute approximate surface area is 108 Å². The number of nitrogens with two attached hydrogens (primary N) is 1. The molecule has 0 amide bonds. The Kier molecular flexibility index (Phi) is 4.32. The fraction of sp³-hybridized carbons (Fsp3) is 0.571. The lowest BCUT2D eigenvalue weighted by Gasteiger charge is -2.40. The molecule has 0 bridgehead atoms. The second-order valence-electron chi connectivity index (χ2n) is 5.31. The number of benzene rings is 1. The van der Waals surface area contributed by atoms with Crippen LogP contribution in [0.3, 0.4) is 0 Å². The summed E-state index contributed by atoms with van der Waals surface area (Å²) >= 11 is 0. The molecule has 2 atom stereocenters. The summed E-state index contributed by atoms with van der Waals surface area (Å²) < 4.78 is 13.1. The van der Waals surface area contributed by atoms with Crippen molar-refractivity contribution in [1.82, 2.24) is 9.80 Å². The van der Waals surface area contributed by atoms with E-state index in [0.29, 0.717) is 6.04 Å². The van der Waals surface area contributed by atoms with Gasteiger partial charge in [0.05, 0.1) is 0 Å². The third-order valence-electron chi connectivity index (χ3n) is 3.75. The molecule has 0 aromatic heterocycles. The van der Waals surface area contributed by atoms with Gasteiger partial charge in [-0.15, -0.1) is 0 Å². The summed E-state index contributed by atoms with van der Waals surface area (Å²) in [4.78, 5) is 4.61. The van der Waals surface area contributed by atoms with Gasteiger partial charge in [0.15, 0.2) is 0 Å². The molecule has 3 nitrogen and oxygen atoms in total. The van der Waals surface area contributed by atoms with Gasteiger partial charge in [0, 0.05) is 31.7 Å². The van der Waals surface area contributed by atoms with Gasteiger partial charge in [0.2, 0.25) is 0 Å². The molecule has 2 N–H and O–H groups in total. The molecule has 1 aromatic carbocycles. The fourth-order valence-electron chi connectivity index (χ4n) is 2.58. The van der Waals surface area contributed by atoms with Crippen LogP contribution in [-0.2, 0) is 6.42 Å². The lowest BCUT2D eigenvalue weighted by atomic mass is 9.97. The van der Waals surface area contributed by atoms with Crippen LogP contribution in [0.1, 0.15) is 5.56 Å². The van der Waals surface area contributed by atoms with E-state index >= 15 is 0 Å². The zero-order valence-corrected chi connectivity index (χ0v) is 11.1. The molecule has 2 rings (SSSR count). The number of halogens is 1. The van der Waals surface area contributed by atoms with Crippen LogP contribution in [0, 0.1) is 5.82 Å². The standard InChI is InChI=1S/C14H22FN3/c1-17-6-7-18(2)14(10-17)13(16)9-11-4-3-5-12(15)8-11/h3-5,8,13-14H,6-7,9-10,16H2,1-2H3. The van der Waals surface area contributed by atoms with Crippen molar-refractivity contribution in [2.75, 3.05) is 33.7 Å². The number of rotatable bonds is 3. The average molecular weight is 251 g/mol. The highest BCUT2D eigenvalue weighted by Crippen LogP contribution is 2.13. The van der Waals surface area contributed by atoms with Gasteiger partial charge in [-0.3, -0.25) is 4.90 Å². The molecule has 0 spiro atoms. The van der Waals surface area contributed by atoms with Gasteiger partial charge >= 0.3 is 0 Å². The summed E-state index contributed by atoms with van der Waals surface area (Å²) in [7, 11) is 4.23. The van der Waals surface area contributed by atoms with Crippen LogP contribution >= 0.6 is 0 Å². The van der Waals surface area contributed by atoms with Gasteiger partial charge in [-0.2, -0.15) is 0 Å². The second-order valence-corrected chi connectivity index (χ2v) is 5.31. The maximum atomic E-state index is 13.1. The highest BCUT2D eigenvalue weighted by Gasteiger charge is 2.27. The first-order valence-electron chi connectivity index (χ1n) is 6.45. The first-order valence-corrected chi connectivity index (χ1v) is 6.45. The third-order valence-corrected chi connectivity index (χ3v) is 3.75. The van der Waals surface area contributed by atoms with Crippen molar-refractivity contribution >= 4 is 0 Å². The van der Waals surface area contributed by atoms with E-state index in [1.54, 1.807) is 12.1 Å². The number of hydrogen-bond donors (Lipinski definition) is 1. The number of nitrogens with zero attached hydrogens (tertiary/aromatic N) is 2. The number of piperazine rings is 1. The fourth-order valence-corrected chi connectivity index (χ4v) is 2.58. The molecule has 1 aliphatic rings. The van der Waals surface area contributed by atoms with Gasteiger partial charge in [0.1, 0.15) is 5.82 Å². The van der Waals surface area contributed by atoms with Crippen molar-refractivity contribution in [3.05, 3.63) is 35.6 Å². The van der Waals surface area contributed by atoms with Crippen LogP contribution in [0.25, 0.3) is 0 Å². The number of likely N-dealkylation sites (N-methyl/N-ethyl adjacent to an activating group) is 2. The second kappa shape index (κ2) is 5.78. The molecule has 18 heavy (non-hydrogen) atoms. The smallest absolute Gasteiger partial charge is 0.123 e. The maximum absolute atomic E-state index is 13.1. The predicted octanol–water partition coefficient (Wildman–Crippen LogP) is 0.941. The van der Waals surface area contributed by atoms with Crippen molar-refractivity contribution in [3.8, 4) is 0 Å². The Morgan fingerprint density at radius 3 is 2.89 bits per heavy atom. The molecule has 1 aliphatic heterocycles. The van der Waals surface area contributed by atoms with Gasteiger partial charge in [-0.25, -0.2) is 4.39 Å². The molecule has 1 heterocycles. The van der Waals surface area contributed by atoms with E-state index in [2.05, 4.69) is 23.9 Å². The zero-order valence-electron chi connectivity index (χ0n) is 11.1. The normalized spacial score (nSPS) is 24.1. The van der Waals surface area contributed by atoms with E-state index in [-0.39, 0.29) is 11.9 Å². The third kappa shape index (κ3) is 3.28. The minimum absolute atomic E-state index is 0.0412. The van der Waals surface area contributed by atoms with E-state index in [4.69, 9.17) is 5.73 Å². The summed E-state index contributed by atoms with van der Waals surface area (Å²) in [5.74, 6) is -0.186. The van der Waals surface area contributed by atoms with E-state index in [1.165, 1.54) is 6.07 Å². The largest absolute Gasteiger partial charge is 0.326 e. The molecule has 0 saturated carbocycles. The topological polar surface area (TPSA) is 32.5 Å². The zero-order chi connectivity index (χ0) is 13.1. The van der Waals surface area contributed by atoms with Crippen molar-refractivity contribution in [2.45, 2.75) is 18.5 Å². The molecule has 1 aromatic rings. The Morgan fingerprint density at radius 2 is 2.17 bits per heavy atom. The lowest BCUT2D eigenvalue weighted by molar-refractivity contribution is 0.0973. The van der Waals surface area contributed by atoms with E-state index < -0.39 is 0 Å². The molecule has 1 saturated heterocycles. The summed E-state index contributed by atoms with van der Waals surface area (Å²) in [6.45, 7) is 3.10. The van der Waals surface area contributed by atoms with E-state index in [1.807, 2.05) is 6.07 Å². The summed E-state index contributed by atoms with van der Waals surface area (Å²) in [5, 5.41) is 0. The van der Waals surface area contributed by atoms with Crippen LogP contribution in [0.2, 0.25) is 0 Å². The van der Waals surface area contributed by atoms with Gasteiger partial charge in [-0.05, 0) is 38.2 Å². The van der Waals surface area contributed by atoms with Crippen LogP contribution in [-0.4, -0.2) is 55.6 Å². The van der Waals surface area contributed by atoms with Crippen LogP contribution in [0.5, 0.6) is 0 Å². The Morgan fingerprint density at radius 1 is 1.39 bits per heavy atom. The van der Waals surface area contributed by atoms with Crippen LogP contribution in [0.15, 0.2) is 24.3 Å². The maximum Gasteiger partial charge on any atom is 0.123 e. The summed E-state index contributed by atoms with van der Waals surface area (Å²) in [5.41, 5.74) is 7.27. The molecule has 2 unspecified atom stereocenters. The van der Waals surface area contributed by atoms with Crippen molar-refractivity contribution < 1.29 is 4.39 Å². The van der Waals surface area contributed by atoms with E-state index in [0.717, 1.165) is 31.6 Å².